The fourth-order valence-corrected chi connectivity index (χ4v) is 7.93. The summed E-state index contributed by atoms with van der Waals surface area (Å²) in [6, 6.07) is 0. The molecule has 6 nitrogen and oxygen atoms in total. The molecule has 0 spiro atoms. The summed E-state index contributed by atoms with van der Waals surface area (Å²) >= 11 is 0. The summed E-state index contributed by atoms with van der Waals surface area (Å²) in [4.78, 5) is 23.9. The molecule has 0 saturated heterocycles. The number of aliphatic hydroxyl groups excluding tert-OH is 1. The van der Waals surface area contributed by atoms with Crippen LogP contribution in [0.3, 0.4) is 0 Å². The summed E-state index contributed by atoms with van der Waals surface area (Å²) in [7, 11) is 0. The van der Waals surface area contributed by atoms with Gasteiger partial charge in [0.15, 0.2) is 0 Å². The number of carbonyl (C=O) groups is 2. The standard InChI is InChI=1S/C22H34O6/c1-12(23)28-18-11-17-15(5-4-13-10-14(24)6-8-20(13,17)2)22(27)9-7-16(19(25)26)21(18,22)3/h13-18,24,27H,4-11H2,1-3H3,(H,25,26)/t13-,14+,15-,16-,17+,18-,20+,21+,22+/m1/s1. The number of carboxylic acids is 1. The van der Waals surface area contributed by atoms with Crippen molar-refractivity contribution in [2.24, 2.45) is 34.5 Å². The Kier molecular flexibility index (Phi) is 4.63. The number of aliphatic carboxylic acids is 1. The van der Waals surface area contributed by atoms with Crippen LogP contribution < -0.4 is 0 Å². The largest absolute Gasteiger partial charge is 0.481 e. The molecule has 6 heteroatoms. The molecule has 0 aromatic heterocycles. The van der Waals surface area contributed by atoms with E-state index in [0.29, 0.717) is 25.2 Å². The molecule has 0 aliphatic heterocycles. The smallest absolute Gasteiger partial charge is 0.307 e. The third-order valence-electron chi connectivity index (χ3n) is 9.49. The van der Waals surface area contributed by atoms with Crippen molar-refractivity contribution >= 4 is 11.9 Å². The molecule has 4 aliphatic rings. The minimum atomic E-state index is -1.14. The lowest BCUT2D eigenvalue weighted by molar-refractivity contribution is -0.253. The zero-order valence-electron chi connectivity index (χ0n) is 17.2. The van der Waals surface area contributed by atoms with Crippen LogP contribution in [0.15, 0.2) is 0 Å². The van der Waals surface area contributed by atoms with Crippen LogP contribution in [-0.4, -0.2) is 45.1 Å². The summed E-state index contributed by atoms with van der Waals surface area (Å²) in [6.07, 6.45) is 4.91. The predicted octanol–water partition coefficient (Wildman–Crippen LogP) is 2.75. The van der Waals surface area contributed by atoms with Gasteiger partial charge in [0.2, 0.25) is 0 Å². The first-order chi connectivity index (χ1) is 13.0. The summed E-state index contributed by atoms with van der Waals surface area (Å²) in [5.41, 5.74) is -2.12. The van der Waals surface area contributed by atoms with Crippen LogP contribution in [0.1, 0.15) is 72.1 Å². The fourth-order valence-electron chi connectivity index (χ4n) is 7.93. The van der Waals surface area contributed by atoms with Crippen LogP contribution >= 0.6 is 0 Å². The third kappa shape index (κ3) is 2.53. The van der Waals surface area contributed by atoms with Gasteiger partial charge in [-0.3, -0.25) is 9.59 Å². The number of ether oxygens (including phenoxy) is 1. The number of esters is 1. The molecule has 4 aliphatic carbocycles. The van der Waals surface area contributed by atoms with Crippen LogP contribution in [0, 0.1) is 34.5 Å². The first-order valence-electron chi connectivity index (χ1n) is 10.8. The van der Waals surface area contributed by atoms with Gasteiger partial charge in [0.1, 0.15) is 6.10 Å². The first-order valence-corrected chi connectivity index (χ1v) is 10.8. The quantitative estimate of drug-likeness (QED) is 0.622. The number of hydrogen-bond donors (Lipinski definition) is 3. The van der Waals surface area contributed by atoms with E-state index in [9.17, 15) is 24.9 Å². The summed E-state index contributed by atoms with van der Waals surface area (Å²) in [6.45, 7) is 5.48. The average Bonchev–Trinajstić information content (AvgIpc) is 2.89. The Morgan fingerprint density at radius 1 is 1.00 bits per heavy atom. The minimum absolute atomic E-state index is 0.0150. The van der Waals surface area contributed by atoms with Gasteiger partial charge in [-0.05, 0) is 74.5 Å². The lowest BCUT2D eigenvalue weighted by Crippen LogP contribution is -2.68. The van der Waals surface area contributed by atoms with E-state index in [1.54, 1.807) is 0 Å². The molecule has 0 aromatic carbocycles. The molecule has 28 heavy (non-hydrogen) atoms. The predicted molar refractivity (Wildman–Crippen MR) is 101 cm³/mol. The number of hydrogen-bond acceptors (Lipinski definition) is 5. The van der Waals surface area contributed by atoms with Crippen molar-refractivity contribution in [1.82, 2.24) is 0 Å². The number of rotatable bonds is 2. The Morgan fingerprint density at radius 2 is 1.71 bits per heavy atom. The highest BCUT2D eigenvalue weighted by molar-refractivity contribution is 5.73. The van der Waals surface area contributed by atoms with E-state index in [1.807, 2.05) is 6.92 Å². The summed E-state index contributed by atoms with van der Waals surface area (Å²) in [5, 5.41) is 32.1. The third-order valence-corrected chi connectivity index (χ3v) is 9.49. The Hall–Kier alpha value is -1.14. The monoisotopic (exact) mass is 394 g/mol. The van der Waals surface area contributed by atoms with Gasteiger partial charge in [-0.1, -0.05) is 13.8 Å². The average molecular weight is 395 g/mol. The second kappa shape index (κ2) is 6.43. The van der Waals surface area contributed by atoms with Crippen LogP contribution in [0.25, 0.3) is 0 Å². The minimum Gasteiger partial charge on any atom is -0.481 e. The van der Waals surface area contributed by atoms with Crippen molar-refractivity contribution < 1.29 is 29.6 Å². The second-order valence-corrected chi connectivity index (χ2v) is 10.4. The molecule has 3 N–H and O–H groups in total. The molecule has 0 heterocycles. The van der Waals surface area contributed by atoms with Crippen LogP contribution in [0.4, 0.5) is 0 Å². The Bertz CT molecular complexity index is 678. The number of aliphatic hydroxyl groups is 2. The van der Waals surface area contributed by atoms with Crippen LogP contribution in [0.2, 0.25) is 0 Å². The van der Waals surface area contributed by atoms with Crippen molar-refractivity contribution in [3.05, 3.63) is 0 Å². The first kappa shape index (κ1) is 20.1. The molecule has 0 radical (unpaired) electrons. The molecule has 0 amide bonds. The maximum absolute atomic E-state index is 12.0. The van der Waals surface area contributed by atoms with Gasteiger partial charge in [-0.25, -0.2) is 0 Å². The maximum atomic E-state index is 12.0. The highest BCUT2D eigenvalue weighted by Crippen LogP contribution is 2.69. The highest BCUT2D eigenvalue weighted by atomic mass is 16.5. The molecule has 0 bridgehead atoms. The van der Waals surface area contributed by atoms with Gasteiger partial charge in [-0.2, -0.15) is 0 Å². The molecule has 0 unspecified atom stereocenters. The normalized spacial score (nSPS) is 52.9. The van der Waals surface area contributed by atoms with Crippen molar-refractivity contribution in [1.29, 1.82) is 0 Å². The Morgan fingerprint density at radius 3 is 2.36 bits per heavy atom. The topological polar surface area (TPSA) is 104 Å². The van der Waals surface area contributed by atoms with Crippen LogP contribution in [0.5, 0.6) is 0 Å². The fraction of sp³-hybridized carbons (Fsp3) is 0.909. The van der Waals surface area contributed by atoms with Gasteiger partial charge in [0, 0.05) is 12.3 Å². The van der Waals surface area contributed by atoms with E-state index in [0.717, 1.165) is 32.1 Å². The lowest BCUT2D eigenvalue weighted by atomic mass is 9.42. The zero-order chi connectivity index (χ0) is 20.5. The van der Waals surface area contributed by atoms with Crippen LogP contribution in [-0.2, 0) is 14.3 Å². The van der Waals surface area contributed by atoms with Gasteiger partial charge in [-0.15, -0.1) is 0 Å². The molecule has 4 rings (SSSR count). The molecule has 158 valence electrons. The lowest BCUT2D eigenvalue weighted by Gasteiger charge is -2.64. The van der Waals surface area contributed by atoms with Gasteiger partial charge in [0.25, 0.3) is 0 Å². The Balaban J connectivity index is 1.77. The molecule has 4 saturated carbocycles. The SMILES string of the molecule is CC(=O)O[C@@H]1C[C@H]2[C@@H](CC[C@@H]3C[C@@H](O)CC[C@@]32C)[C@@]2(O)CC[C@H](C(=O)O)[C@@]12C. The van der Waals surface area contributed by atoms with E-state index in [4.69, 9.17) is 4.74 Å². The molecule has 9 atom stereocenters. The second-order valence-electron chi connectivity index (χ2n) is 10.4. The van der Waals surface area contributed by atoms with E-state index in [-0.39, 0.29) is 23.4 Å². The van der Waals surface area contributed by atoms with E-state index in [1.165, 1.54) is 6.92 Å². The van der Waals surface area contributed by atoms with Crippen molar-refractivity contribution in [2.75, 3.05) is 0 Å². The number of fused-ring (bicyclic) bond motifs is 5. The van der Waals surface area contributed by atoms with Gasteiger partial charge in [0.05, 0.1) is 17.6 Å². The maximum Gasteiger partial charge on any atom is 0.307 e. The Labute approximate surface area is 166 Å². The molecular weight excluding hydrogens is 360 g/mol. The van der Waals surface area contributed by atoms with Gasteiger partial charge < -0.3 is 20.1 Å². The van der Waals surface area contributed by atoms with E-state index >= 15 is 0 Å². The summed E-state index contributed by atoms with van der Waals surface area (Å²) in [5.74, 6) is -1.44. The molecule has 4 fully saturated rings. The number of carbonyl (C=O) groups excluding carboxylic acids is 1. The van der Waals surface area contributed by atoms with Crippen molar-refractivity contribution in [3.63, 3.8) is 0 Å². The van der Waals surface area contributed by atoms with Crippen molar-refractivity contribution in [3.8, 4) is 0 Å². The molecule has 0 aromatic rings. The highest BCUT2D eigenvalue weighted by Gasteiger charge is 2.72. The zero-order valence-corrected chi connectivity index (χ0v) is 17.2. The van der Waals surface area contributed by atoms with E-state index in [2.05, 4.69) is 6.92 Å². The molecular formula is C22H34O6. The van der Waals surface area contributed by atoms with Crippen molar-refractivity contribution in [2.45, 2.75) is 89.9 Å². The summed E-state index contributed by atoms with van der Waals surface area (Å²) < 4.78 is 5.74. The van der Waals surface area contributed by atoms with E-state index < -0.39 is 35.0 Å². The number of carboxylic acid groups (broad SMARTS) is 1. The van der Waals surface area contributed by atoms with Gasteiger partial charge >= 0.3 is 11.9 Å².